The zero-order valence-corrected chi connectivity index (χ0v) is 25.5. The number of aromatic nitrogens is 1. The average molecular weight is 596 g/mol. The van der Waals surface area contributed by atoms with Crippen LogP contribution in [0.3, 0.4) is 0 Å². The molecule has 0 spiro atoms. The Bertz CT molecular complexity index is 1520. The van der Waals surface area contributed by atoms with Crippen LogP contribution in [0.15, 0.2) is 53.4 Å². The fourth-order valence-corrected chi connectivity index (χ4v) is 7.68. The lowest BCUT2D eigenvalue weighted by Gasteiger charge is -2.38. The average Bonchev–Trinajstić information content (AvgIpc) is 3.33. The second-order valence-electron chi connectivity index (χ2n) is 11.4. The summed E-state index contributed by atoms with van der Waals surface area (Å²) in [6.07, 6.45) is 4.73. The lowest BCUT2D eigenvalue weighted by molar-refractivity contribution is -0.158. The van der Waals surface area contributed by atoms with Gasteiger partial charge in [-0.2, -0.15) is 0 Å². The fraction of sp³-hybridized carbons (Fsp3) is 0.500. The van der Waals surface area contributed by atoms with Crippen molar-refractivity contribution in [2.75, 3.05) is 20.3 Å². The third-order valence-corrected chi connectivity index (χ3v) is 10.1. The molecule has 0 radical (unpaired) electrons. The Balaban J connectivity index is 1.24. The topological polar surface area (TPSA) is 107 Å². The van der Waals surface area contributed by atoms with Gasteiger partial charge in [0.1, 0.15) is 6.04 Å². The van der Waals surface area contributed by atoms with Crippen molar-refractivity contribution in [3.63, 3.8) is 0 Å². The molecule has 2 heterocycles. The Morgan fingerprint density at radius 2 is 1.71 bits per heavy atom. The van der Waals surface area contributed by atoms with E-state index in [0.29, 0.717) is 51.9 Å². The van der Waals surface area contributed by atoms with E-state index in [0.717, 1.165) is 40.6 Å². The molecule has 2 fully saturated rings. The number of nitrogens with zero attached hydrogens (tertiary/aromatic N) is 2. The van der Waals surface area contributed by atoms with E-state index in [4.69, 9.17) is 9.47 Å². The van der Waals surface area contributed by atoms with Gasteiger partial charge in [-0.25, -0.2) is 17.9 Å². The molecule has 1 aliphatic heterocycles. The highest BCUT2D eigenvalue weighted by Gasteiger charge is 2.38. The minimum absolute atomic E-state index is 0.00707. The smallest absolute Gasteiger partial charge is 0.328 e. The van der Waals surface area contributed by atoms with Crippen LogP contribution in [-0.2, 0) is 42.7 Å². The zero-order valence-electron chi connectivity index (χ0n) is 24.7. The molecule has 2 aliphatic rings. The number of hydrogen-bond acceptors (Lipinski definition) is 6. The van der Waals surface area contributed by atoms with Crippen molar-refractivity contribution in [1.82, 2.24) is 14.2 Å². The third-order valence-electron chi connectivity index (χ3n) is 8.63. The maximum atomic E-state index is 13.4. The van der Waals surface area contributed by atoms with Gasteiger partial charge < -0.3 is 18.9 Å². The van der Waals surface area contributed by atoms with E-state index < -0.39 is 16.1 Å². The van der Waals surface area contributed by atoms with Gasteiger partial charge >= 0.3 is 5.97 Å². The quantitative estimate of drug-likeness (QED) is 0.357. The Morgan fingerprint density at radius 1 is 0.976 bits per heavy atom. The van der Waals surface area contributed by atoms with Gasteiger partial charge in [-0.3, -0.25) is 4.79 Å². The Morgan fingerprint density at radius 3 is 2.40 bits per heavy atom. The number of ether oxygens (including phenoxy) is 2. The highest BCUT2D eigenvalue weighted by molar-refractivity contribution is 7.89. The number of aryl methyl sites for hydroxylation is 1. The van der Waals surface area contributed by atoms with Gasteiger partial charge in [0.05, 0.1) is 18.1 Å². The molecule has 1 saturated heterocycles. The molecule has 9 nitrogen and oxygen atoms in total. The maximum absolute atomic E-state index is 13.4. The number of amides is 1. The number of sulfonamides is 1. The largest absolute Gasteiger partial charge is 0.464 e. The molecule has 10 heteroatoms. The fourth-order valence-electron chi connectivity index (χ4n) is 6.35. The van der Waals surface area contributed by atoms with E-state index in [1.54, 1.807) is 31.1 Å². The number of esters is 1. The number of methoxy groups -OCH3 is 1. The van der Waals surface area contributed by atoms with Gasteiger partial charge in [0, 0.05) is 49.3 Å². The van der Waals surface area contributed by atoms with E-state index >= 15 is 0 Å². The number of rotatable bonds is 9. The molecule has 2 aromatic carbocycles. The highest BCUT2D eigenvalue weighted by atomic mass is 32.2. The van der Waals surface area contributed by atoms with Crippen molar-refractivity contribution in [3.8, 4) is 11.3 Å². The summed E-state index contributed by atoms with van der Waals surface area (Å²) >= 11 is 0. The van der Waals surface area contributed by atoms with E-state index in [9.17, 15) is 18.0 Å². The molecule has 1 amide bonds. The Labute approximate surface area is 248 Å². The molecule has 1 N–H and O–H groups in total. The predicted molar refractivity (Wildman–Crippen MR) is 161 cm³/mol. The predicted octanol–water partition coefficient (Wildman–Crippen LogP) is 4.77. The summed E-state index contributed by atoms with van der Waals surface area (Å²) in [5.74, 6) is -0.538. The molecule has 1 saturated carbocycles. The summed E-state index contributed by atoms with van der Waals surface area (Å²) in [4.78, 5) is 27.7. The van der Waals surface area contributed by atoms with E-state index in [1.165, 1.54) is 0 Å². The normalized spacial score (nSPS) is 21.4. The van der Waals surface area contributed by atoms with Crippen LogP contribution in [0.4, 0.5) is 0 Å². The number of benzene rings is 2. The van der Waals surface area contributed by atoms with Gasteiger partial charge in [0.15, 0.2) is 0 Å². The zero-order chi connectivity index (χ0) is 29.9. The first-order valence-corrected chi connectivity index (χ1v) is 16.4. The molecular weight excluding hydrogens is 554 g/mol. The number of carbonyl (C=O) groups is 2. The molecular formula is C32H41N3O6S. The summed E-state index contributed by atoms with van der Waals surface area (Å²) in [5.41, 5.74) is 3.96. The van der Waals surface area contributed by atoms with E-state index in [2.05, 4.69) is 10.8 Å². The van der Waals surface area contributed by atoms with Crippen molar-refractivity contribution < 1.29 is 27.5 Å². The number of fused-ring (bicyclic) bond motifs is 1. The van der Waals surface area contributed by atoms with Gasteiger partial charge in [-0.1, -0.05) is 30.3 Å². The van der Waals surface area contributed by atoms with Crippen LogP contribution in [0.5, 0.6) is 0 Å². The number of likely N-dealkylation sites (tertiary alicyclic amines) is 1. The van der Waals surface area contributed by atoms with Crippen molar-refractivity contribution in [2.45, 2.75) is 75.5 Å². The summed E-state index contributed by atoms with van der Waals surface area (Å²) in [6, 6.07) is 14.7. The van der Waals surface area contributed by atoms with Crippen molar-refractivity contribution in [3.05, 3.63) is 54.1 Å². The van der Waals surface area contributed by atoms with E-state index in [1.807, 2.05) is 41.9 Å². The number of hydrogen-bond donors (Lipinski definition) is 1. The lowest BCUT2D eigenvalue weighted by atomic mass is 9.84. The SMILES string of the molecule is CCOC(=O)C1CCCCN1C(=O)C1CCC(NS(=O)(=O)c2ccc3cc(-c4ccc(COC)cc4)n(C)c3c2)CC1. The van der Waals surface area contributed by atoms with Crippen LogP contribution >= 0.6 is 0 Å². The number of nitrogens with one attached hydrogen (secondary N) is 1. The molecule has 5 rings (SSSR count). The second-order valence-corrected chi connectivity index (χ2v) is 13.1. The van der Waals surface area contributed by atoms with Crippen LogP contribution in [0.2, 0.25) is 0 Å². The van der Waals surface area contributed by atoms with Crippen LogP contribution in [-0.4, -0.2) is 62.1 Å². The van der Waals surface area contributed by atoms with Gasteiger partial charge in [0.2, 0.25) is 15.9 Å². The lowest BCUT2D eigenvalue weighted by Crippen LogP contribution is -2.51. The van der Waals surface area contributed by atoms with Crippen molar-refractivity contribution in [1.29, 1.82) is 0 Å². The van der Waals surface area contributed by atoms with Gasteiger partial charge in [-0.15, -0.1) is 0 Å². The Kier molecular flexibility index (Phi) is 9.35. The summed E-state index contributed by atoms with van der Waals surface area (Å²) < 4.78 is 42.2. The van der Waals surface area contributed by atoms with E-state index in [-0.39, 0.29) is 28.7 Å². The van der Waals surface area contributed by atoms with Gasteiger partial charge in [0.25, 0.3) is 0 Å². The van der Waals surface area contributed by atoms with Crippen LogP contribution in [0, 0.1) is 5.92 Å². The third kappa shape index (κ3) is 6.40. The number of piperidine rings is 1. The molecule has 226 valence electrons. The molecule has 0 bridgehead atoms. The van der Waals surface area contributed by atoms with Crippen molar-refractivity contribution in [2.24, 2.45) is 13.0 Å². The summed E-state index contributed by atoms with van der Waals surface area (Å²) in [7, 11) is -0.141. The summed E-state index contributed by atoms with van der Waals surface area (Å²) in [5, 5.41) is 0.963. The molecule has 3 aromatic rings. The highest BCUT2D eigenvalue weighted by Crippen LogP contribution is 2.32. The molecule has 1 aliphatic carbocycles. The Hall–Kier alpha value is -3.21. The standard InChI is InChI=1S/C32H41N3O6S/c1-4-41-32(37)28-7-5-6-18-35(28)31(36)24-12-15-26(16-13-24)33-42(38,39)27-17-14-25-19-29(34(2)30(25)20-27)23-10-8-22(9-11-23)21-40-3/h8-11,14,17,19-20,24,26,28,33H,4-7,12-13,15-16,18,21H2,1-3H3. The molecule has 1 unspecified atom stereocenters. The minimum atomic E-state index is -3.75. The monoisotopic (exact) mass is 595 g/mol. The molecule has 42 heavy (non-hydrogen) atoms. The summed E-state index contributed by atoms with van der Waals surface area (Å²) in [6.45, 7) is 3.19. The van der Waals surface area contributed by atoms with Gasteiger partial charge in [-0.05, 0) is 81.2 Å². The van der Waals surface area contributed by atoms with Crippen LogP contribution < -0.4 is 4.72 Å². The minimum Gasteiger partial charge on any atom is -0.464 e. The number of carbonyl (C=O) groups excluding carboxylic acids is 2. The van der Waals surface area contributed by atoms with Crippen LogP contribution in [0.25, 0.3) is 22.2 Å². The molecule has 1 aromatic heterocycles. The van der Waals surface area contributed by atoms with Crippen molar-refractivity contribution >= 4 is 32.8 Å². The molecule has 1 atom stereocenters. The first-order chi connectivity index (χ1) is 20.2. The first kappa shape index (κ1) is 30.3. The second kappa shape index (κ2) is 13.0. The maximum Gasteiger partial charge on any atom is 0.328 e. The first-order valence-electron chi connectivity index (χ1n) is 14.9. The van der Waals surface area contributed by atoms with Crippen LogP contribution in [0.1, 0.15) is 57.4 Å².